The minimum Gasteiger partial charge on any atom is -0.368 e. The Morgan fingerprint density at radius 1 is 0.806 bits per heavy atom. The first-order chi connectivity index (χ1) is 15.1. The van der Waals surface area contributed by atoms with Crippen molar-refractivity contribution in [2.24, 2.45) is 0 Å². The third-order valence-electron chi connectivity index (χ3n) is 5.06. The van der Waals surface area contributed by atoms with Gasteiger partial charge < -0.3 is 15.1 Å². The number of rotatable bonds is 4. The third-order valence-corrected chi connectivity index (χ3v) is 6.14. The van der Waals surface area contributed by atoms with Crippen molar-refractivity contribution < 1.29 is 14.0 Å². The van der Waals surface area contributed by atoms with E-state index in [4.69, 9.17) is 0 Å². The molecular formula is C24H22FN3O2S. The molecule has 0 aliphatic carbocycles. The summed E-state index contributed by atoms with van der Waals surface area (Å²) in [6.45, 7) is 2.05. The molecule has 1 aliphatic rings. The fourth-order valence-electron chi connectivity index (χ4n) is 3.41. The van der Waals surface area contributed by atoms with E-state index in [2.05, 4.69) is 10.2 Å². The molecule has 1 aliphatic heterocycles. The number of hydrogen-bond donors (Lipinski definition) is 1. The lowest BCUT2D eigenvalue weighted by atomic mass is 10.2. The number of piperazine rings is 1. The van der Waals surface area contributed by atoms with E-state index in [1.807, 2.05) is 48.5 Å². The van der Waals surface area contributed by atoms with Gasteiger partial charge in [-0.25, -0.2) is 4.39 Å². The van der Waals surface area contributed by atoms with Crippen molar-refractivity contribution in [2.75, 3.05) is 36.4 Å². The maximum Gasteiger partial charge on any atom is 0.313 e. The Morgan fingerprint density at radius 3 is 2.16 bits per heavy atom. The molecule has 1 N–H and O–H groups in total. The maximum atomic E-state index is 13.1. The highest BCUT2D eigenvalue weighted by Gasteiger charge is 2.26. The maximum absolute atomic E-state index is 13.1. The number of benzene rings is 3. The highest BCUT2D eigenvalue weighted by molar-refractivity contribution is 7.99. The van der Waals surface area contributed by atoms with Crippen LogP contribution >= 0.6 is 11.8 Å². The summed E-state index contributed by atoms with van der Waals surface area (Å²) < 4.78 is 13.1. The zero-order valence-electron chi connectivity index (χ0n) is 16.8. The van der Waals surface area contributed by atoms with Gasteiger partial charge in [-0.2, -0.15) is 0 Å². The highest BCUT2D eigenvalue weighted by atomic mass is 32.2. The van der Waals surface area contributed by atoms with Crippen molar-refractivity contribution in [1.82, 2.24) is 4.90 Å². The van der Waals surface area contributed by atoms with Crippen LogP contribution in [0.15, 0.2) is 88.7 Å². The molecule has 31 heavy (non-hydrogen) atoms. The SMILES string of the molecule is O=C(Nc1ccccc1Sc1ccccc1)C(=O)N1CCN(c2ccc(F)cc2)CC1. The number of carbonyl (C=O) groups excluding carboxylic acids is 2. The number of amides is 2. The van der Waals surface area contributed by atoms with Crippen molar-refractivity contribution in [2.45, 2.75) is 9.79 Å². The first-order valence-electron chi connectivity index (χ1n) is 10.0. The normalized spacial score (nSPS) is 13.7. The number of anilines is 2. The molecule has 7 heteroatoms. The average molecular weight is 436 g/mol. The van der Waals surface area contributed by atoms with Gasteiger partial charge in [0.1, 0.15) is 5.82 Å². The van der Waals surface area contributed by atoms with Gasteiger partial charge in [-0.05, 0) is 48.5 Å². The Kier molecular flexibility index (Phi) is 6.52. The summed E-state index contributed by atoms with van der Waals surface area (Å²) in [6.07, 6.45) is 0. The predicted molar refractivity (Wildman–Crippen MR) is 121 cm³/mol. The zero-order valence-corrected chi connectivity index (χ0v) is 17.6. The van der Waals surface area contributed by atoms with Crippen LogP contribution in [0.3, 0.4) is 0 Å². The Hall–Kier alpha value is -3.32. The molecular weight excluding hydrogens is 413 g/mol. The molecule has 4 rings (SSSR count). The molecule has 3 aromatic rings. The summed E-state index contributed by atoms with van der Waals surface area (Å²) >= 11 is 1.53. The molecule has 158 valence electrons. The molecule has 5 nitrogen and oxygen atoms in total. The lowest BCUT2D eigenvalue weighted by Gasteiger charge is -2.35. The van der Waals surface area contributed by atoms with Crippen LogP contribution in [0.5, 0.6) is 0 Å². The van der Waals surface area contributed by atoms with Gasteiger partial charge in [-0.3, -0.25) is 9.59 Å². The van der Waals surface area contributed by atoms with E-state index >= 15 is 0 Å². The summed E-state index contributed by atoms with van der Waals surface area (Å²) in [4.78, 5) is 30.9. The van der Waals surface area contributed by atoms with E-state index in [0.717, 1.165) is 15.5 Å². The average Bonchev–Trinajstić information content (AvgIpc) is 2.81. The van der Waals surface area contributed by atoms with E-state index in [0.29, 0.717) is 31.9 Å². The number of para-hydroxylation sites is 1. The first-order valence-corrected chi connectivity index (χ1v) is 10.8. The molecule has 0 saturated carbocycles. The molecule has 3 aromatic carbocycles. The lowest BCUT2D eigenvalue weighted by molar-refractivity contribution is -0.143. The molecule has 0 aromatic heterocycles. The molecule has 2 amide bonds. The van der Waals surface area contributed by atoms with Crippen molar-refractivity contribution in [1.29, 1.82) is 0 Å². The molecule has 1 heterocycles. The smallest absolute Gasteiger partial charge is 0.313 e. The van der Waals surface area contributed by atoms with Gasteiger partial charge in [-0.15, -0.1) is 0 Å². The summed E-state index contributed by atoms with van der Waals surface area (Å²) in [5.41, 5.74) is 1.52. The topological polar surface area (TPSA) is 52.7 Å². The van der Waals surface area contributed by atoms with Crippen LogP contribution in [-0.4, -0.2) is 42.9 Å². The minimum atomic E-state index is -0.642. The third kappa shape index (κ3) is 5.24. The highest BCUT2D eigenvalue weighted by Crippen LogP contribution is 2.33. The molecule has 1 saturated heterocycles. The van der Waals surface area contributed by atoms with Crippen LogP contribution < -0.4 is 10.2 Å². The number of nitrogens with zero attached hydrogens (tertiary/aromatic N) is 2. The van der Waals surface area contributed by atoms with Gasteiger partial charge in [0.15, 0.2) is 0 Å². The quantitative estimate of drug-likeness (QED) is 0.622. The van der Waals surface area contributed by atoms with Crippen LogP contribution in [0.2, 0.25) is 0 Å². The monoisotopic (exact) mass is 435 g/mol. The van der Waals surface area contributed by atoms with E-state index in [1.165, 1.54) is 23.9 Å². The van der Waals surface area contributed by atoms with E-state index < -0.39 is 11.8 Å². The predicted octanol–water partition coefficient (Wildman–Crippen LogP) is 4.26. The van der Waals surface area contributed by atoms with Crippen LogP contribution in [0.25, 0.3) is 0 Å². The lowest BCUT2D eigenvalue weighted by Crippen LogP contribution is -2.51. The van der Waals surface area contributed by atoms with Crippen LogP contribution in [0.1, 0.15) is 0 Å². The van der Waals surface area contributed by atoms with Gasteiger partial charge >= 0.3 is 11.8 Å². The standard InChI is InChI=1S/C24H22FN3O2S/c25-18-10-12-19(13-11-18)27-14-16-28(17-15-27)24(30)23(29)26-21-8-4-5-9-22(21)31-20-6-2-1-3-7-20/h1-13H,14-17H2,(H,26,29). The zero-order chi connectivity index (χ0) is 21.6. The van der Waals surface area contributed by atoms with Crippen LogP contribution in [0.4, 0.5) is 15.8 Å². The van der Waals surface area contributed by atoms with Gasteiger partial charge in [0.2, 0.25) is 0 Å². The molecule has 0 unspecified atom stereocenters. The second kappa shape index (κ2) is 9.66. The van der Waals surface area contributed by atoms with Gasteiger partial charge in [0.25, 0.3) is 0 Å². The Balaban J connectivity index is 1.36. The molecule has 0 bridgehead atoms. The number of carbonyl (C=O) groups is 2. The minimum absolute atomic E-state index is 0.278. The summed E-state index contributed by atoms with van der Waals surface area (Å²) in [5, 5.41) is 2.77. The first kappa shape index (κ1) is 20.9. The molecule has 1 fully saturated rings. The Bertz CT molecular complexity index is 1050. The van der Waals surface area contributed by atoms with Crippen LogP contribution in [0, 0.1) is 5.82 Å². The summed E-state index contributed by atoms with van der Waals surface area (Å²) in [7, 11) is 0. The second-order valence-corrected chi connectivity index (χ2v) is 8.24. The molecule has 0 radical (unpaired) electrons. The summed E-state index contributed by atoms with van der Waals surface area (Å²) in [5.74, 6) is -1.46. The van der Waals surface area contributed by atoms with Crippen molar-refractivity contribution in [3.63, 3.8) is 0 Å². The fraction of sp³-hybridized carbons (Fsp3) is 0.167. The van der Waals surface area contributed by atoms with Gasteiger partial charge in [0, 0.05) is 41.7 Å². The fourth-order valence-corrected chi connectivity index (χ4v) is 4.34. The number of nitrogens with one attached hydrogen (secondary N) is 1. The van der Waals surface area contributed by atoms with Crippen molar-refractivity contribution >= 4 is 35.0 Å². The van der Waals surface area contributed by atoms with E-state index in [-0.39, 0.29) is 5.82 Å². The van der Waals surface area contributed by atoms with Gasteiger partial charge in [0.05, 0.1) is 5.69 Å². The Morgan fingerprint density at radius 2 is 1.45 bits per heavy atom. The Labute approximate surface area is 184 Å². The van der Waals surface area contributed by atoms with Crippen LogP contribution in [-0.2, 0) is 9.59 Å². The van der Waals surface area contributed by atoms with E-state index in [1.54, 1.807) is 23.1 Å². The van der Waals surface area contributed by atoms with Crippen molar-refractivity contribution in [3.05, 3.63) is 84.7 Å². The summed E-state index contributed by atoms with van der Waals surface area (Å²) in [6, 6.07) is 23.6. The molecule has 0 atom stereocenters. The van der Waals surface area contributed by atoms with E-state index in [9.17, 15) is 14.0 Å². The number of halogens is 1. The largest absolute Gasteiger partial charge is 0.368 e. The second-order valence-electron chi connectivity index (χ2n) is 7.12. The van der Waals surface area contributed by atoms with Crippen molar-refractivity contribution in [3.8, 4) is 0 Å². The van der Waals surface area contributed by atoms with Gasteiger partial charge in [-0.1, -0.05) is 42.1 Å². The number of hydrogen-bond acceptors (Lipinski definition) is 4. The molecule has 0 spiro atoms.